The molecule has 0 aliphatic heterocycles. The molecule has 0 unspecified atom stereocenters. The van der Waals surface area contributed by atoms with E-state index < -0.39 is 11.4 Å². The molecule has 0 spiro atoms. The number of nitrogens with one attached hydrogen (secondary N) is 1. The van der Waals surface area contributed by atoms with Crippen LogP contribution in [0.15, 0.2) is 0 Å². The Labute approximate surface area is 83.1 Å². The molecule has 0 atom stereocenters. The van der Waals surface area contributed by atoms with Gasteiger partial charge in [-0.2, -0.15) is 0 Å². The number of amides is 2. The highest BCUT2D eigenvalue weighted by Gasteiger charge is 2.50. The van der Waals surface area contributed by atoms with E-state index in [4.69, 9.17) is 5.11 Å². The zero-order chi connectivity index (χ0) is 10.8. The maximum absolute atomic E-state index is 11.3. The number of urea groups is 1. The monoisotopic (exact) mass is 200 g/mol. The van der Waals surface area contributed by atoms with Gasteiger partial charge >= 0.3 is 12.0 Å². The lowest BCUT2D eigenvalue weighted by molar-refractivity contribution is -0.143. The van der Waals surface area contributed by atoms with Crippen LogP contribution in [-0.4, -0.2) is 42.1 Å². The Morgan fingerprint density at radius 3 is 2.43 bits per heavy atom. The quantitative estimate of drug-likeness (QED) is 0.694. The zero-order valence-electron chi connectivity index (χ0n) is 8.54. The van der Waals surface area contributed by atoms with E-state index in [1.54, 1.807) is 7.05 Å². The maximum atomic E-state index is 11.3. The smallest absolute Gasteiger partial charge is 0.317 e. The molecule has 0 bridgehead atoms. The first-order chi connectivity index (χ1) is 6.52. The molecule has 2 N–H and O–H groups in total. The van der Waals surface area contributed by atoms with Gasteiger partial charge in [0, 0.05) is 20.1 Å². The predicted octanol–water partition coefficient (Wildman–Crippen LogP) is 0.512. The normalized spacial score (nSPS) is 17.3. The van der Waals surface area contributed by atoms with Gasteiger partial charge in [0.2, 0.25) is 0 Å². The predicted molar refractivity (Wildman–Crippen MR) is 51.0 cm³/mol. The first-order valence-corrected chi connectivity index (χ1v) is 4.74. The number of hydrogen-bond acceptors (Lipinski definition) is 2. The van der Waals surface area contributed by atoms with Crippen LogP contribution in [0.3, 0.4) is 0 Å². The second-order valence-corrected chi connectivity index (χ2v) is 3.76. The fourth-order valence-electron chi connectivity index (χ4n) is 1.14. The second-order valence-electron chi connectivity index (χ2n) is 3.76. The average molecular weight is 200 g/mol. The molecule has 2 amide bonds. The molecule has 0 radical (unpaired) electrons. The molecular weight excluding hydrogens is 184 g/mol. The molecule has 1 rings (SSSR count). The molecule has 0 aromatic rings. The molecule has 5 heteroatoms. The summed E-state index contributed by atoms with van der Waals surface area (Å²) >= 11 is 0. The fraction of sp³-hybridized carbons (Fsp3) is 0.778. The van der Waals surface area contributed by atoms with Crippen molar-refractivity contribution in [1.29, 1.82) is 0 Å². The summed E-state index contributed by atoms with van der Waals surface area (Å²) in [5.74, 6) is -0.808. The molecule has 5 nitrogen and oxygen atoms in total. The van der Waals surface area contributed by atoms with Crippen molar-refractivity contribution in [2.75, 3.05) is 20.1 Å². The zero-order valence-corrected chi connectivity index (χ0v) is 8.54. The van der Waals surface area contributed by atoms with Gasteiger partial charge in [0.25, 0.3) is 0 Å². The van der Waals surface area contributed by atoms with Gasteiger partial charge in [-0.1, -0.05) is 0 Å². The molecule has 14 heavy (non-hydrogen) atoms. The SMILES string of the molecule is CCN(C)C(=O)NCC1(C(=O)O)CC1. The minimum absolute atomic E-state index is 0.208. The largest absolute Gasteiger partial charge is 0.481 e. The van der Waals surface area contributed by atoms with E-state index in [0.29, 0.717) is 19.4 Å². The number of hydrogen-bond donors (Lipinski definition) is 2. The minimum Gasteiger partial charge on any atom is -0.481 e. The first-order valence-electron chi connectivity index (χ1n) is 4.74. The summed E-state index contributed by atoms with van der Waals surface area (Å²) in [6.45, 7) is 2.72. The van der Waals surface area contributed by atoms with Crippen LogP contribution in [0.2, 0.25) is 0 Å². The third-order valence-corrected chi connectivity index (χ3v) is 2.71. The summed E-state index contributed by atoms with van der Waals surface area (Å²) in [6, 6.07) is -0.208. The summed E-state index contributed by atoms with van der Waals surface area (Å²) in [5.41, 5.74) is -0.676. The van der Waals surface area contributed by atoms with Crippen LogP contribution in [0.1, 0.15) is 19.8 Å². The lowest BCUT2D eigenvalue weighted by Gasteiger charge is -2.17. The van der Waals surface area contributed by atoms with Crippen molar-refractivity contribution in [2.24, 2.45) is 5.41 Å². The molecule has 80 valence electrons. The van der Waals surface area contributed by atoms with Gasteiger partial charge in [0.15, 0.2) is 0 Å². The van der Waals surface area contributed by atoms with Gasteiger partial charge in [-0.05, 0) is 19.8 Å². The van der Waals surface area contributed by atoms with Gasteiger partial charge in [-0.15, -0.1) is 0 Å². The Balaban J connectivity index is 2.34. The van der Waals surface area contributed by atoms with E-state index in [1.165, 1.54) is 4.90 Å². The number of nitrogens with zero attached hydrogens (tertiary/aromatic N) is 1. The second kappa shape index (κ2) is 3.86. The molecule has 0 aromatic heterocycles. The molecule has 0 aromatic carbocycles. The van der Waals surface area contributed by atoms with Crippen molar-refractivity contribution in [3.8, 4) is 0 Å². The van der Waals surface area contributed by atoms with Gasteiger partial charge in [0.1, 0.15) is 0 Å². The van der Waals surface area contributed by atoms with E-state index in [2.05, 4.69) is 5.32 Å². The van der Waals surface area contributed by atoms with E-state index in [9.17, 15) is 9.59 Å². The Kier molecular flexibility index (Phi) is 2.98. The number of carboxylic acid groups (broad SMARTS) is 1. The highest BCUT2D eigenvalue weighted by molar-refractivity contribution is 5.80. The Morgan fingerprint density at radius 1 is 1.50 bits per heavy atom. The third-order valence-electron chi connectivity index (χ3n) is 2.71. The Morgan fingerprint density at radius 2 is 2.07 bits per heavy atom. The van der Waals surface area contributed by atoms with Crippen molar-refractivity contribution >= 4 is 12.0 Å². The molecule has 0 heterocycles. The summed E-state index contributed by atoms with van der Waals surface area (Å²) in [5, 5.41) is 11.5. The van der Waals surface area contributed by atoms with E-state index in [1.807, 2.05) is 6.92 Å². The number of carboxylic acids is 1. The van der Waals surface area contributed by atoms with Crippen molar-refractivity contribution in [1.82, 2.24) is 10.2 Å². The van der Waals surface area contributed by atoms with E-state index in [0.717, 1.165) is 0 Å². The fourth-order valence-corrected chi connectivity index (χ4v) is 1.14. The van der Waals surface area contributed by atoms with Gasteiger partial charge in [0.05, 0.1) is 5.41 Å². The highest BCUT2D eigenvalue weighted by atomic mass is 16.4. The highest BCUT2D eigenvalue weighted by Crippen LogP contribution is 2.45. The van der Waals surface area contributed by atoms with Crippen molar-refractivity contribution in [3.05, 3.63) is 0 Å². The maximum Gasteiger partial charge on any atom is 0.317 e. The average Bonchev–Trinajstić information content (AvgIpc) is 2.93. The summed E-state index contributed by atoms with van der Waals surface area (Å²) in [4.78, 5) is 23.6. The van der Waals surface area contributed by atoms with Gasteiger partial charge < -0.3 is 15.3 Å². The van der Waals surface area contributed by atoms with Gasteiger partial charge in [-0.25, -0.2) is 4.79 Å². The molecule has 1 aliphatic carbocycles. The molecule has 1 fully saturated rings. The third kappa shape index (κ3) is 2.16. The van der Waals surface area contributed by atoms with Gasteiger partial charge in [-0.3, -0.25) is 4.79 Å². The summed E-state index contributed by atoms with van der Waals surface area (Å²) in [7, 11) is 1.68. The lowest BCUT2D eigenvalue weighted by Crippen LogP contribution is -2.41. The molecule has 0 saturated heterocycles. The molecular formula is C9H16N2O3. The first kappa shape index (κ1) is 10.8. The summed E-state index contributed by atoms with van der Waals surface area (Å²) in [6.07, 6.45) is 1.33. The lowest BCUT2D eigenvalue weighted by atomic mass is 10.1. The van der Waals surface area contributed by atoms with E-state index >= 15 is 0 Å². The number of aliphatic carboxylic acids is 1. The molecule has 1 aliphatic rings. The van der Waals surface area contributed by atoms with Crippen molar-refractivity contribution in [2.45, 2.75) is 19.8 Å². The molecule has 1 saturated carbocycles. The topological polar surface area (TPSA) is 69.6 Å². The van der Waals surface area contributed by atoms with Crippen LogP contribution < -0.4 is 5.32 Å². The van der Waals surface area contributed by atoms with Crippen molar-refractivity contribution < 1.29 is 14.7 Å². The standard InChI is InChI=1S/C9H16N2O3/c1-3-11(2)8(14)10-6-9(4-5-9)7(12)13/h3-6H2,1-2H3,(H,10,14)(H,12,13). The number of carbonyl (C=O) groups is 2. The van der Waals surface area contributed by atoms with Crippen LogP contribution >= 0.6 is 0 Å². The summed E-state index contributed by atoms with van der Waals surface area (Å²) < 4.78 is 0. The van der Waals surface area contributed by atoms with Crippen LogP contribution in [0.25, 0.3) is 0 Å². The minimum atomic E-state index is -0.808. The van der Waals surface area contributed by atoms with Crippen LogP contribution in [0.4, 0.5) is 4.79 Å². The van der Waals surface area contributed by atoms with Crippen LogP contribution in [0, 0.1) is 5.41 Å². The Bertz CT molecular complexity index is 248. The Hall–Kier alpha value is -1.26. The van der Waals surface area contributed by atoms with E-state index in [-0.39, 0.29) is 12.6 Å². The van der Waals surface area contributed by atoms with Crippen molar-refractivity contribution in [3.63, 3.8) is 0 Å². The number of carbonyl (C=O) groups excluding carboxylic acids is 1. The van der Waals surface area contributed by atoms with Crippen LogP contribution in [-0.2, 0) is 4.79 Å². The number of rotatable bonds is 4. The van der Waals surface area contributed by atoms with Crippen LogP contribution in [0.5, 0.6) is 0 Å².